The predicted molar refractivity (Wildman–Crippen MR) is 90.2 cm³/mol. The Balaban J connectivity index is 1.84. The number of carbonyl (C=O) groups excluding carboxylic acids is 1. The lowest BCUT2D eigenvalue weighted by Crippen LogP contribution is -2.10. The fourth-order valence-electron chi connectivity index (χ4n) is 2.42. The summed E-state index contributed by atoms with van der Waals surface area (Å²) in [6.07, 6.45) is 1.11. The number of halogens is 1. The zero-order valence-electron chi connectivity index (χ0n) is 12.4. The molecule has 0 radical (unpaired) electrons. The van der Waals surface area contributed by atoms with Crippen molar-refractivity contribution in [2.75, 3.05) is 7.11 Å². The zero-order valence-corrected chi connectivity index (χ0v) is 14.0. The van der Waals surface area contributed by atoms with Crippen molar-refractivity contribution in [2.45, 2.75) is 12.6 Å². The second-order valence-electron chi connectivity index (χ2n) is 5.16. The lowest BCUT2D eigenvalue weighted by Gasteiger charge is -2.12. The van der Waals surface area contributed by atoms with Crippen molar-refractivity contribution in [3.8, 4) is 0 Å². The van der Waals surface area contributed by atoms with Crippen LogP contribution in [0.25, 0.3) is 10.9 Å². The van der Waals surface area contributed by atoms with Gasteiger partial charge in [0.25, 0.3) is 0 Å². The van der Waals surface area contributed by atoms with E-state index in [1.54, 1.807) is 28.9 Å². The normalized spacial score (nSPS) is 12.3. The van der Waals surface area contributed by atoms with E-state index in [1.807, 2.05) is 24.4 Å². The first-order chi connectivity index (χ1) is 11.1. The third kappa shape index (κ3) is 3.28. The van der Waals surface area contributed by atoms with Gasteiger partial charge in [-0.1, -0.05) is 34.1 Å². The smallest absolute Gasteiger partial charge is 0.337 e. The molecular weight excluding hydrogens is 360 g/mol. The molecule has 1 aromatic heterocycles. The summed E-state index contributed by atoms with van der Waals surface area (Å²) < 4.78 is 7.36. The Morgan fingerprint density at radius 1 is 1.35 bits per heavy atom. The van der Waals surface area contributed by atoms with E-state index in [2.05, 4.69) is 21.0 Å². The highest BCUT2D eigenvalue weighted by molar-refractivity contribution is 9.10. The van der Waals surface area contributed by atoms with Crippen molar-refractivity contribution in [2.24, 2.45) is 0 Å². The maximum atomic E-state index is 11.6. The van der Waals surface area contributed by atoms with Gasteiger partial charge in [-0.2, -0.15) is 5.10 Å². The second kappa shape index (κ2) is 6.52. The fourth-order valence-corrected chi connectivity index (χ4v) is 2.88. The number of methoxy groups -OCH3 is 1. The van der Waals surface area contributed by atoms with E-state index in [0.717, 1.165) is 15.4 Å². The molecule has 1 heterocycles. The molecule has 1 atom stereocenters. The largest absolute Gasteiger partial charge is 0.465 e. The molecule has 0 aliphatic carbocycles. The number of esters is 1. The Morgan fingerprint density at radius 2 is 2.13 bits per heavy atom. The lowest BCUT2D eigenvalue weighted by molar-refractivity contribution is 0.0600. The molecule has 0 saturated carbocycles. The molecule has 3 rings (SSSR count). The molecule has 6 heteroatoms. The highest BCUT2D eigenvalue weighted by Gasteiger charge is 2.13. The topological polar surface area (TPSA) is 64.3 Å². The van der Waals surface area contributed by atoms with E-state index in [4.69, 9.17) is 4.74 Å². The minimum atomic E-state index is -0.771. The van der Waals surface area contributed by atoms with E-state index in [-0.39, 0.29) is 0 Å². The van der Waals surface area contributed by atoms with Crippen LogP contribution < -0.4 is 0 Å². The lowest BCUT2D eigenvalue weighted by atomic mass is 10.1. The van der Waals surface area contributed by atoms with Crippen molar-refractivity contribution in [1.82, 2.24) is 9.78 Å². The van der Waals surface area contributed by atoms with Crippen molar-refractivity contribution in [3.05, 3.63) is 64.3 Å². The first-order valence-corrected chi connectivity index (χ1v) is 7.86. The van der Waals surface area contributed by atoms with Crippen LogP contribution in [0.4, 0.5) is 0 Å². The third-order valence-electron chi connectivity index (χ3n) is 3.60. The van der Waals surface area contributed by atoms with Crippen molar-refractivity contribution in [3.63, 3.8) is 0 Å². The molecular formula is C17H15BrN2O3. The number of hydrogen-bond acceptors (Lipinski definition) is 4. The number of ether oxygens (including phenoxy) is 1. The van der Waals surface area contributed by atoms with Crippen LogP contribution in [-0.4, -0.2) is 28.0 Å². The minimum Gasteiger partial charge on any atom is -0.465 e. The van der Waals surface area contributed by atoms with Crippen molar-refractivity contribution in [1.29, 1.82) is 0 Å². The molecule has 0 amide bonds. The third-order valence-corrected chi connectivity index (χ3v) is 4.29. The van der Waals surface area contributed by atoms with Crippen LogP contribution >= 0.6 is 15.9 Å². The van der Waals surface area contributed by atoms with E-state index < -0.39 is 12.1 Å². The summed E-state index contributed by atoms with van der Waals surface area (Å²) in [4.78, 5) is 11.6. The molecule has 3 aromatic rings. The molecule has 0 saturated heterocycles. The molecule has 0 aliphatic heterocycles. The molecule has 2 aromatic carbocycles. The van der Waals surface area contributed by atoms with Crippen LogP contribution in [0.1, 0.15) is 22.0 Å². The van der Waals surface area contributed by atoms with Crippen LogP contribution in [0.2, 0.25) is 0 Å². The summed E-state index contributed by atoms with van der Waals surface area (Å²) in [6.45, 7) is 0.297. The number of aliphatic hydroxyl groups is 1. The summed E-state index contributed by atoms with van der Waals surface area (Å²) >= 11 is 3.49. The molecule has 0 unspecified atom stereocenters. The van der Waals surface area contributed by atoms with Gasteiger partial charge in [-0.05, 0) is 29.8 Å². The summed E-state index contributed by atoms with van der Waals surface area (Å²) in [6, 6.07) is 12.6. The molecule has 1 N–H and O–H groups in total. The van der Waals surface area contributed by atoms with Gasteiger partial charge in [-0.15, -0.1) is 0 Å². The Hall–Kier alpha value is -2.18. The zero-order chi connectivity index (χ0) is 16.4. The van der Waals surface area contributed by atoms with Gasteiger partial charge in [0, 0.05) is 16.1 Å². The van der Waals surface area contributed by atoms with Gasteiger partial charge in [-0.3, -0.25) is 4.68 Å². The van der Waals surface area contributed by atoms with Crippen LogP contribution in [-0.2, 0) is 11.3 Å². The molecule has 118 valence electrons. The summed E-state index contributed by atoms with van der Waals surface area (Å²) in [5, 5.41) is 15.9. The minimum absolute atomic E-state index is 0.297. The van der Waals surface area contributed by atoms with Gasteiger partial charge in [0.2, 0.25) is 0 Å². The first kappa shape index (κ1) is 15.7. The van der Waals surface area contributed by atoms with E-state index >= 15 is 0 Å². The Labute approximate surface area is 141 Å². The number of aliphatic hydroxyl groups excluding tert-OH is 1. The number of nitrogens with zero attached hydrogens (tertiary/aromatic N) is 2. The van der Waals surface area contributed by atoms with Crippen molar-refractivity contribution >= 4 is 32.8 Å². The highest BCUT2D eigenvalue weighted by Crippen LogP contribution is 2.24. The number of carbonyl (C=O) groups is 1. The highest BCUT2D eigenvalue weighted by atomic mass is 79.9. The molecule has 23 heavy (non-hydrogen) atoms. The standard InChI is InChI=1S/C17H15BrN2O3/c1-23-17(22)12-5-2-4-11(8-12)16(21)10-20-9-13-14(18)6-3-7-15(13)19-20/h2-9,16,21H,10H2,1H3/t16-/m0/s1. The predicted octanol–water partition coefficient (Wildman–Crippen LogP) is 3.32. The summed E-state index contributed by atoms with van der Waals surface area (Å²) in [5.41, 5.74) is 1.92. The Kier molecular flexibility index (Phi) is 4.45. The van der Waals surface area contributed by atoms with Crippen molar-refractivity contribution < 1.29 is 14.6 Å². The average Bonchev–Trinajstić information content (AvgIpc) is 2.98. The molecule has 0 aliphatic rings. The molecule has 0 fully saturated rings. The number of aromatic nitrogens is 2. The molecule has 5 nitrogen and oxygen atoms in total. The number of fused-ring (bicyclic) bond motifs is 1. The monoisotopic (exact) mass is 374 g/mol. The van der Waals surface area contributed by atoms with Gasteiger partial charge < -0.3 is 9.84 Å². The van der Waals surface area contributed by atoms with E-state index in [1.165, 1.54) is 7.11 Å². The van der Waals surface area contributed by atoms with Crippen LogP contribution in [0.3, 0.4) is 0 Å². The number of rotatable bonds is 4. The Bertz CT molecular complexity index is 860. The second-order valence-corrected chi connectivity index (χ2v) is 6.01. The van der Waals surface area contributed by atoms with Crippen LogP contribution in [0.15, 0.2) is 53.1 Å². The average molecular weight is 375 g/mol. The maximum absolute atomic E-state index is 11.6. The fraction of sp³-hybridized carbons (Fsp3) is 0.176. The summed E-state index contributed by atoms with van der Waals surface area (Å²) in [7, 11) is 1.33. The Morgan fingerprint density at radius 3 is 2.87 bits per heavy atom. The van der Waals surface area contributed by atoms with Crippen LogP contribution in [0, 0.1) is 0 Å². The van der Waals surface area contributed by atoms with Gasteiger partial charge in [0.05, 0.1) is 30.8 Å². The van der Waals surface area contributed by atoms with Gasteiger partial charge in [0.15, 0.2) is 0 Å². The molecule has 0 bridgehead atoms. The van der Waals surface area contributed by atoms with Gasteiger partial charge in [-0.25, -0.2) is 4.79 Å². The van der Waals surface area contributed by atoms with Gasteiger partial charge >= 0.3 is 5.97 Å². The first-order valence-electron chi connectivity index (χ1n) is 7.06. The van der Waals surface area contributed by atoms with Crippen LogP contribution in [0.5, 0.6) is 0 Å². The number of benzene rings is 2. The van der Waals surface area contributed by atoms with E-state index in [9.17, 15) is 9.90 Å². The van der Waals surface area contributed by atoms with Gasteiger partial charge in [0.1, 0.15) is 0 Å². The number of hydrogen-bond donors (Lipinski definition) is 1. The molecule has 0 spiro atoms. The quantitative estimate of drug-likeness (QED) is 0.711. The SMILES string of the molecule is COC(=O)c1cccc([C@@H](O)Cn2cc3c(Br)cccc3n2)c1. The maximum Gasteiger partial charge on any atom is 0.337 e. The van der Waals surface area contributed by atoms with E-state index in [0.29, 0.717) is 17.7 Å². The summed E-state index contributed by atoms with van der Waals surface area (Å²) in [5.74, 6) is -0.423.